The van der Waals surface area contributed by atoms with Crippen molar-refractivity contribution in [1.29, 1.82) is 0 Å². The van der Waals surface area contributed by atoms with Crippen LogP contribution >= 0.6 is 0 Å². The first-order valence-electron chi connectivity index (χ1n) is 9.73. The molecule has 26 heavy (non-hydrogen) atoms. The van der Waals surface area contributed by atoms with Gasteiger partial charge in [0.05, 0.1) is 13.2 Å². The monoisotopic (exact) mass is 360 g/mol. The number of urea groups is 1. The molecule has 0 aliphatic carbocycles. The van der Waals surface area contributed by atoms with Crippen LogP contribution in [0.3, 0.4) is 0 Å². The maximum absolute atomic E-state index is 12.5. The fourth-order valence-electron chi connectivity index (χ4n) is 3.70. The third-order valence-corrected chi connectivity index (χ3v) is 5.15. The van der Waals surface area contributed by atoms with Gasteiger partial charge in [0.25, 0.3) is 0 Å². The zero-order valence-electron chi connectivity index (χ0n) is 16.1. The Morgan fingerprint density at radius 2 is 1.85 bits per heavy atom. The van der Waals surface area contributed by atoms with Crippen molar-refractivity contribution in [2.75, 3.05) is 59.0 Å². The molecule has 2 fully saturated rings. The van der Waals surface area contributed by atoms with E-state index >= 15 is 0 Å². The first-order valence-corrected chi connectivity index (χ1v) is 9.73. The molecule has 1 aromatic carbocycles. The molecular formula is C20H32N4O2. The third-order valence-electron chi connectivity index (χ3n) is 5.15. The number of morpholine rings is 1. The highest BCUT2D eigenvalue weighted by atomic mass is 16.5. The molecule has 6 heteroatoms. The van der Waals surface area contributed by atoms with E-state index in [-0.39, 0.29) is 12.1 Å². The number of amides is 2. The van der Waals surface area contributed by atoms with Gasteiger partial charge < -0.3 is 15.0 Å². The number of hydrogen-bond donors (Lipinski definition) is 1. The van der Waals surface area contributed by atoms with Crippen LogP contribution in [0, 0.1) is 6.92 Å². The largest absolute Gasteiger partial charge is 0.379 e. The van der Waals surface area contributed by atoms with E-state index in [1.165, 1.54) is 11.1 Å². The molecule has 2 saturated heterocycles. The Bertz CT molecular complexity index is 581. The minimum atomic E-state index is 0.0703. The molecule has 0 radical (unpaired) electrons. The van der Waals surface area contributed by atoms with Crippen LogP contribution in [-0.4, -0.2) is 85.8 Å². The lowest BCUT2D eigenvalue weighted by molar-refractivity contribution is 0.0345. The van der Waals surface area contributed by atoms with Crippen molar-refractivity contribution in [3.63, 3.8) is 0 Å². The number of ether oxygens (including phenoxy) is 1. The smallest absolute Gasteiger partial charge is 0.317 e. The number of hydrogen-bond acceptors (Lipinski definition) is 4. The molecule has 3 rings (SSSR count). The number of nitrogens with zero attached hydrogens (tertiary/aromatic N) is 3. The summed E-state index contributed by atoms with van der Waals surface area (Å²) in [4.78, 5) is 19.2. The van der Waals surface area contributed by atoms with Crippen molar-refractivity contribution in [3.8, 4) is 0 Å². The minimum Gasteiger partial charge on any atom is -0.379 e. The topological polar surface area (TPSA) is 48.0 Å². The van der Waals surface area contributed by atoms with Gasteiger partial charge in [-0.25, -0.2) is 4.79 Å². The minimum absolute atomic E-state index is 0.0703. The molecule has 0 aromatic heterocycles. The van der Waals surface area contributed by atoms with Crippen LogP contribution in [0.1, 0.15) is 18.1 Å². The number of piperazine rings is 1. The van der Waals surface area contributed by atoms with Crippen LogP contribution in [0.25, 0.3) is 0 Å². The van der Waals surface area contributed by atoms with Gasteiger partial charge >= 0.3 is 6.03 Å². The Morgan fingerprint density at radius 1 is 1.12 bits per heavy atom. The van der Waals surface area contributed by atoms with Gasteiger partial charge in [0.1, 0.15) is 0 Å². The van der Waals surface area contributed by atoms with Crippen molar-refractivity contribution < 1.29 is 9.53 Å². The molecule has 0 spiro atoms. The van der Waals surface area contributed by atoms with Crippen molar-refractivity contribution in [2.45, 2.75) is 26.4 Å². The van der Waals surface area contributed by atoms with Crippen molar-refractivity contribution in [2.24, 2.45) is 0 Å². The summed E-state index contributed by atoms with van der Waals surface area (Å²) in [5.74, 6) is 0. The van der Waals surface area contributed by atoms with E-state index < -0.39 is 0 Å². The molecule has 2 aliphatic heterocycles. The van der Waals surface area contributed by atoms with Gasteiger partial charge in [-0.05, 0) is 19.4 Å². The van der Waals surface area contributed by atoms with Gasteiger partial charge in [-0.15, -0.1) is 0 Å². The van der Waals surface area contributed by atoms with Crippen LogP contribution in [-0.2, 0) is 11.3 Å². The summed E-state index contributed by atoms with van der Waals surface area (Å²) in [6.45, 7) is 13.0. The molecule has 2 heterocycles. The highest BCUT2D eigenvalue weighted by Gasteiger charge is 2.23. The fraction of sp³-hybridized carbons (Fsp3) is 0.650. The number of benzene rings is 1. The second kappa shape index (κ2) is 9.35. The summed E-state index contributed by atoms with van der Waals surface area (Å²) in [7, 11) is 0. The normalized spacial score (nSPS) is 20.8. The Hall–Kier alpha value is -1.63. The van der Waals surface area contributed by atoms with E-state index in [1.54, 1.807) is 0 Å². The summed E-state index contributed by atoms with van der Waals surface area (Å²) >= 11 is 0. The first-order chi connectivity index (χ1) is 12.6. The molecule has 144 valence electrons. The van der Waals surface area contributed by atoms with E-state index in [1.807, 2.05) is 4.90 Å². The zero-order chi connectivity index (χ0) is 18.4. The maximum Gasteiger partial charge on any atom is 0.317 e. The number of carbonyl (C=O) groups excluding carboxylic acids is 1. The van der Waals surface area contributed by atoms with E-state index in [0.29, 0.717) is 0 Å². The van der Waals surface area contributed by atoms with Gasteiger partial charge in [-0.2, -0.15) is 0 Å². The molecule has 1 aromatic rings. The highest BCUT2D eigenvalue weighted by molar-refractivity contribution is 5.74. The van der Waals surface area contributed by atoms with Gasteiger partial charge in [0.2, 0.25) is 0 Å². The standard InChI is InChI=1S/C20H32N4O2/c1-17-4-3-5-19(14-17)16-22-6-8-24(9-7-22)20(25)21-18(2)15-23-10-12-26-13-11-23/h3-5,14,18H,6-13,15-16H2,1-2H3,(H,21,25). The van der Waals surface area contributed by atoms with Gasteiger partial charge in [-0.3, -0.25) is 9.80 Å². The molecule has 6 nitrogen and oxygen atoms in total. The van der Waals surface area contributed by atoms with E-state index in [0.717, 1.165) is 65.6 Å². The van der Waals surface area contributed by atoms with Crippen molar-refractivity contribution in [3.05, 3.63) is 35.4 Å². The van der Waals surface area contributed by atoms with Crippen LogP contribution in [0.4, 0.5) is 4.79 Å². The predicted octanol–water partition coefficient (Wildman–Crippen LogP) is 1.54. The Balaban J connectivity index is 1.38. The summed E-state index contributed by atoms with van der Waals surface area (Å²) in [5.41, 5.74) is 2.65. The van der Waals surface area contributed by atoms with Crippen molar-refractivity contribution in [1.82, 2.24) is 20.0 Å². The molecule has 1 unspecified atom stereocenters. The highest BCUT2D eigenvalue weighted by Crippen LogP contribution is 2.10. The van der Waals surface area contributed by atoms with Crippen LogP contribution in [0.15, 0.2) is 24.3 Å². The lowest BCUT2D eigenvalue weighted by Gasteiger charge is -2.36. The second-order valence-electron chi connectivity index (χ2n) is 7.52. The predicted molar refractivity (Wildman–Crippen MR) is 103 cm³/mol. The maximum atomic E-state index is 12.5. The van der Waals surface area contributed by atoms with Gasteiger partial charge in [0.15, 0.2) is 0 Å². The van der Waals surface area contributed by atoms with Gasteiger partial charge in [0, 0.05) is 58.4 Å². The Labute approximate surface area is 157 Å². The second-order valence-corrected chi connectivity index (χ2v) is 7.52. The van der Waals surface area contributed by atoms with Crippen LogP contribution in [0.5, 0.6) is 0 Å². The summed E-state index contributed by atoms with van der Waals surface area (Å²) in [6.07, 6.45) is 0. The molecule has 2 amide bonds. The fourth-order valence-corrected chi connectivity index (χ4v) is 3.70. The van der Waals surface area contributed by atoms with Crippen molar-refractivity contribution >= 4 is 6.03 Å². The van der Waals surface area contributed by atoms with Gasteiger partial charge in [-0.1, -0.05) is 29.8 Å². The van der Waals surface area contributed by atoms with E-state index in [9.17, 15) is 4.79 Å². The number of nitrogens with one attached hydrogen (secondary N) is 1. The SMILES string of the molecule is Cc1cccc(CN2CCN(C(=O)NC(C)CN3CCOCC3)CC2)c1. The number of aryl methyl sites for hydroxylation is 1. The lowest BCUT2D eigenvalue weighted by atomic mass is 10.1. The van der Waals surface area contributed by atoms with E-state index in [4.69, 9.17) is 4.74 Å². The Kier molecular flexibility index (Phi) is 6.88. The van der Waals surface area contributed by atoms with E-state index in [2.05, 4.69) is 53.2 Å². The van der Waals surface area contributed by atoms with Crippen LogP contribution < -0.4 is 5.32 Å². The molecule has 0 saturated carbocycles. The van der Waals surface area contributed by atoms with Crippen LogP contribution in [0.2, 0.25) is 0 Å². The molecule has 0 bridgehead atoms. The summed E-state index contributed by atoms with van der Waals surface area (Å²) in [5, 5.41) is 3.15. The zero-order valence-corrected chi connectivity index (χ0v) is 16.1. The number of rotatable bonds is 5. The average Bonchev–Trinajstić information content (AvgIpc) is 2.63. The molecule has 2 aliphatic rings. The quantitative estimate of drug-likeness (QED) is 0.865. The third kappa shape index (κ3) is 5.69. The summed E-state index contributed by atoms with van der Waals surface area (Å²) in [6, 6.07) is 8.90. The molecule has 1 atom stereocenters. The molecular weight excluding hydrogens is 328 g/mol. The number of carbonyl (C=O) groups is 1. The first kappa shape index (κ1) is 19.1. The lowest BCUT2D eigenvalue weighted by Crippen LogP contribution is -2.54. The summed E-state index contributed by atoms with van der Waals surface area (Å²) < 4.78 is 5.37. The average molecular weight is 361 g/mol. The molecule has 1 N–H and O–H groups in total. The Morgan fingerprint density at radius 3 is 2.54 bits per heavy atom.